The molecular weight excluding hydrogens is 402 g/mol. The number of allylic oxidation sites excluding steroid dienone is 1. The van der Waals surface area contributed by atoms with E-state index in [4.69, 9.17) is 19.4 Å². The first-order chi connectivity index (χ1) is 14.6. The lowest BCUT2D eigenvalue weighted by Gasteiger charge is -2.28. The fourth-order valence-electron chi connectivity index (χ4n) is 4.06. The Morgan fingerprint density at radius 1 is 1.33 bits per heavy atom. The Morgan fingerprint density at radius 2 is 2.17 bits per heavy atom. The Bertz CT molecular complexity index is 1100. The molecule has 30 heavy (non-hydrogen) atoms. The summed E-state index contributed by atoms with van der Waals surface area (Å²) in [4.78, 5) is 13.0. The number of fused-ring (bicyclic) bond motifs is 2. The van der Waals surface area contributed by atoms with Gasteiger partial charge >= 0.3 is 0 Å². The molecule has 4 heterocycles. The van der Waals surface area contributed by atoms with Crippen LogP contribution in [0, 0.1) is 0 Å². The van der Waals surface area contributed by atoms with Gasteiger partial charge in [0.15, 0.2) is 11.6 Å². The van der Waals surface area contributed by atoms with Crippen molar-refractivity contribution in [2.45, 2.75) is 25.4 Å². The van der Waals surface area contributed by atoms with Crippen LogP contribution in [-0.2, 0) is 21.5 Å². The lowest BCUT2D eigenvalue weighted by Crippen LogP contribution is -2.37. The van der Waals surface area contributed by atoms with Gasteiger partial charge in [-0.2, -0.15) is 5.10 Å². The van der Waals surface area contributed by atoms with Crippen molar-refractivity contribution in [3.8, 4) is 0 Å². The lowest BCUT2D eigenvalue weighted by molar-refractivity contribution is -0.0180. The van der Waals surface area contributed by atoms with E-state index in [0.717, 1.165) is 63.7 Å². The number of H-pyrrole nitrogens is 1. The molecule has 9 heteroatoms. The fourth-order valence-corrected chi connectivity index (χ4v) is 5.20. The zero-order valence-electron chi connectivity index (χ0n) is 17.1. The Kier molecular flexibility index (Phi) is 5.06. The second-order valence-corrected chi connectivity index (χ2v) is 8.97. The molecule has 158 valence electrons. The molecule has 2 aliphatic rings. The average molecular weight is 428 g/mol. The maximum absolute atomic E-state index is 10.9. The van der Waals surface area contributed by atoms with Gasteiger partial charge in [0.25, 0.3) is 0 Å². The number of morpholine rings is 1. The van der Waals surface area contributed by atoms with Crippen LogP contribution >= 0.6 is 11.3 Å². The summed E-state index contributed by atoms with van der Waals surface area (Å²) in [6.45, 7) is 4.90. The molecule has 3 aromatic rings. The number of aryl methyl sites for hydroxylation is 1. The van der Waals surface area contributed by atoms with Crippen molar-refractivity contribution < 1.29 is 14.6 Å². The predicted molar refractivity (Wildman–Crippen MR) is 116 cm³/mol. The van der Waals surface area contributed by atoms with E-state index in [1.54, 1.807) is 14.0 Å². The minimum absolute atomic E-state index is 0.219. The molecule has 2 N–H and O–H groups in total. The Hall–Kier alpha value is -2.33. The number of methoxy groups -OCH3 is 1. The minimum atomic E-state index is -1.08. The van der Waals surface area contributed by atoms with Gasteiger partial charge in [-0.25, -0.2) is 9.97 Å². The van der Waals surface area contributed by atoms with Crippen LogP contribution in [0.1, 0.15) is 35.3 Å². The number of rotatable bonds is 5. The molecule has 1 fully saturated rings. The van der Waals surface area contributed by atoms with E-state index >= 15 is 0 Å². The first-order valence-electron chi connectivity index (χ1n) is 10.2. The molecule has 0 amide bonds. The molecule has 0 unspecified atom stereocenters. The maximum Gasteiger partial charge on any atom is 0.162 e. The highest BCUT2D eigenvalue weighted by Crippen LogP contribution is 2.39. The van der Waals surface area contributed by atoms with Gasteiger partial charge in [-0.15, -0.1) is 11.3 Å². The zero-order chi connectivity index (χ0) is 20.7. The molecule has 1 atom stereocenters. The van der Waals surface area contributed by atoms with Gasteiger partial charge < -0.3 is 19.5 Å². The summed E-state index contributed by atoms with van der Waals surface area (Å²) in [5, 5.41) is 18.2. The van der Waals surface area contributed by atoms with Crippen molar-refractivity contribution in [2.75, 3.05) is 44.9 Å². The SMILES string of the molecule is COC[C@@](C)(O)c1cc2nc(C3=CCCc4[nH]ncc43)nc(N3CCOCC3)c2s1. The van der Waals surface area contributed by atoms with E-state index in [2.05, 4.69) is 21.2 Å². The molecule has 3 aromatic heterocycles. The van der Waals surface area contributed by atoms with Crippen LogP contribution < -0.4 is 4.90 Å². The highest BCUT2D eigenvalue weighted by molar-refractivity contribution is 7.19. The number of aromatic amines is 1. The van der Waals surface area contributed by atoms with Gasteiger partial charge in [0.05, 0.1) is 36.2 Å². The number of hydrogen-bond donors (Lipinski definition) is 2. The van der Waals surface area contributed by atoms with E-state index in [-0.39, 0.29) is 6.61 Å². The largest absolute Gasteiger partial charge is 0.382 e. The highest BCUT2D eigenvalue weighted by Gasteiger charge is 2.29. The Labute approximate surface area is 178 Å². The summed E-state index contributed by atoms with van der Waals surface area (Å²) in [6, 6.07) is 1.97. The molecule has 0 spiro atoms. The molecule has 5 rings (SSSR count). The quantitative estimate of drug-likeness (QED) is 0.646. The standard InChI is InChI=1S/C21H25N5O3S/c1-21(27,12-28-2)17-10-16-18(30-17)20(26-6-8-29-9-7-26)24-19(23-16)13-4-3-5-15-14(13)11-22-25-15/h4,10-11,27H,3,5-9,12H2,1-2H3,(H,22,25)/t21-/m1/s1. The third kappa shape index (κ3) is 3.41. The number of anilines is 1. The van der Waals surface area contributed by atoms with Crippen molar-refractivity contribution in [1.29, 1.82) is 0 Å². The molecule has 0 bridgehead atoms. The van der Waals surface area contributed by atoms with Crippen LogP contribution in [0.5, 0.6) is 0 Å². The lowest BCUT2D eigenvalue weighted by atomic mass is 9.96. The molecule has 0 saturated carbocycles. The van der Waals surface area contributed by atoms with Gasteiger partial charge in [0, 0.05) is 41.9 Å². The van der Waals surface area contributed by atoms with Crippen molar-refractivity contribution in [2.24, 2.45) is 0 Å². The monoisotopic (exact) mass is 427 g/mol. The molecule has 1 aliphatic carbocycles. The van der Waals surface area contributed by atoms with Crippen molar-refractivity contribution in [1.82, 2.24) is 20.2 Å². The third-order valence-electron chi connectivity index (χ3n) is 5.61. The molecule has 1 saturated heterocycles. The van der Waals surface area contributed by atoms with Gasteiger partial charge in [-0.3, -0.25) is 5.10 Å². The molecule has 0 aromatic carbocycles. The van der Waals surface area contributed by atoms with Gasteiger partial charge in [-0.05, 0) is 25.8 Å². The number of aromatic nitrogens is 4. The van der Waals surface area contributed by atoms with Gasteiger partial charge in [-0.1, -0.05) is 6.08 Å². The minimum Gasteiger partial charge on any atom is -0.382 e. The van der Waals surface area contributed by atoms with E-state index in [1.165, 1.54) is 11.3 Å². The van der Waals surface area contributed by atoms with E-state index in [1.807, 2.05) is 12.3 Å². The Morgan fingerprint density at radius 3 is 2.97 bits per heavy atom. The number of thiophene rings is 1. The first-order valence-corrected chi connectivity index (χ1v) is 11.0. The summed E-state index contributed by atoms with van der Waals surface area (Å²) in [5.41, 5.74) is 2.96. The van der Waals surface area contributed by atoms with E-state index in [0.29, 0.717) is 19.0 Å². The van der Waals surface area contributed by atoms with Crippen LogP contribution in [0.2, 0.25) is 0 Å². The topological polar surface area (TPSA) is 96.4 Å². The summed E-state index contributed by atoms with van der Waals surface area (Å²) in [7, 11) is 1.59. The van der Waals surface area contributed by atoms with E-state index in [9.17, 15) is 5.11 Å². The normalized spacial score (nSPS) is 18.9. The number of aliphatic hydroxyl groups is 1. The first kappa shape index (κ1) is 19.6. The van der Waals surface area contributed by atoms with Crippen LogP contribution in [0.3, 0.4) is 0 Å². The number of hydrogen-bond acceptors (Lipinski definition) is 8. The predicted octanol–water partition coefficient (Wildman–Crippen LogP) is 2.48. The maximum atomic E-state index is 10.9. The van der Waals surface area contributed by atoms with Crippen molar-refractivity contribution >= 4 is 32.9 Å². The number of nitrogens with zero attached hydrogens (tertiary/aromatic N) is 4. The highest BCUT2D eigenvalue weighted by atomic mass is 32.1. The van der Waals surface area contributed by atoms with Crippen molar-refractivity contribution in [3.05, 3.63) is 40.3 Å². The van der Waals surface area contributed by atoms with Crippen LogP contribution in [-0.4, -0.2) is 65.3 Å². The molecule has 1 aliphatic heterocycles. The second-order valence-electron chi connectivity index (χ2n) is 7.92. The number of nitrogens with one attached hydrogen (secondary N) is 1. The fraction of sp³-hybridized carbons (Fsp3) is 0.476. The van der Waals surface area contributed by atoms with Gasteiger partial charge in [0.1, 0.15) is 5.60 Å². The van der Waals surface area contributed by atoms with Crippen LogP contribution in [0.15, 0.2) is 18.3 Å². The smallest absolute Gasteiger partial charge is 0.162 e. The van der Waals surface area contributed by atoms with Gasteiger partial charge in [0.2, 0.25) is 0 Å². The zero-order valence-corrected chi connectivity index (χ0v) is 18.0. The molecule has 0 radical (unpaired) electrons. The van der Waals surface area contributed by atoms with Crippen LogP contribution in [0.4, 0.5) is 5.82 Å². The summed E-state index contributed by atoms with van der Waals surface area (Å²) in [6.07, 6.45) is 5.91. The third-order valence-corrected chi connectivity index (χ3v) is 6.99. The summed E-state index contributed by atoms with van der Waals surface area (Å²) >= 11 is 1.53. The number of ether oxygens (including phenoxy) is 2. The Balaban J connectivity index is 1.66. The van der Waals surface area contributed by atoms with E-state index < -0.39 is 5.60 Å². The average Bonchev–Trinajstić information content (AvgIpc) is 3.40. The van der Waals surface area contributed by atoms with Crippen LogP contribution in [0.25, 0.3) is 15.8 Å². The molecular formula is C21H25N5O3S. The summed E-state index contributed by atoms with van der Waals surface area (Å²) in [5.74, 6) is 1.60. The van der Waals surface area contributed by atoms with Crippen molar-refractivity contribution in [3.63, 3.8) is 0 Å². The molecule has 8 nitrogen and oxygen atoms in total. The summed E-state index contributed by atoms with van der Waals surface area (Å²) < 4.78 is 11.8. The second kappa shape index (κ2) is 7.73.